The van der Waals surface area contributed by atoms with Gasteiger partial charge >= 0.3 is 0 Å². The van der Waals surface area contributed by atoms with Gasteiger partial charge in [-0.15, -0.1) is 0 Å². The fourth-order valence-corrected chi connectivity index (χ4v) is 4.96. The van der Waals surface area contributed by atoms with Gasteiger partial charge in [-0.3, -0.25) is 0 Å². The number of fused-ring (bicyclic) bond motifs is 2. The lowest BCUT2D eigenvalue weighted by Crippen LogP contribution is -2.61. The molecule has 3 nitrogen and oxygen atoms in total. The SMILES string of the molecule is CC1(C)[C@H]2CC[C@@H](C2)[C@@]1(C)NC(=S)NC[C@H]1CCCO1. The van der Waals surface area contributed by atoms with Gasteiger partial charge in [-0.25, -0.2) is 0 Å². The number of hydrogen-bond donors (Lipinski definition) is 2. The summed E-state index contributed by atoms with van der Waals surface area (Å²) in [4.78, 5) is 0. The molecule has 0 aromatic rings. The van der Waals surface area contributed by atoms with Crippen molar-refractivity contribution >= 4 is 17.3 Å². The number of ether oxygens (including phenoxy) is 1. The fraction of sp³-hybridized carbons (Fsp3) is 0.938. The molecule has 0 amide bonds. The Labute approximate surface area is 128 Å². The Balaban J connectivity index is 1.57. The molecular weight excluding hydrogens is 268 g/mol. The minimum Gasteiger partial charge on any atom is -0.376 e. The fourth-order valence-electron chi connectivity index (χ4n) is 4.67. The van der Waals surface area contributed by atoms with Gasteiger partial charge in [0, 0.05) is 18.7 Å². The van der Waals surface area contributed by atoms with E-state index < -0.39 is 0 Å². The highest BCUT2D eigenvalue weighted by molar-refractivity contribution is 7.80. The molecule has 4 atom stereocenters. The van der Waals surface area contributed by atoms with Crippen molar-refractivity contribution in [2.75, 3.05) is 13.2 Å². The van der Waals surface area contributed by atoms with Crippen LogP contribution in [0.1, 0.15) is 52.9 Å². The van der Waals surface area contributed by atoms with Gasteiger partial charge in [0.05, 0.1) is 6.10 Å². The second-order valence-corrected chi connectivity index (χ2v) is 8.01. The van der Waals surface area contributed by atoms with Crippen molar-refractivity contribution in [1.29, 1.82) is 0 Å². The normalized spacial score (nSPS) is 41.9. The molecule has 1 saturated heterocycles. The second kappa shape index (κ2) is 5.13. The van der Waals surface area contributed by atoms with Crippen LogP contribution in [0, 0.1) is 17.3 Å². The summed E-state index contributed by atoms with van der Waals surface area (Å²) in [6.07, 6.45) is 6.79. The van der Waals surface area contributed by atoms with E-state index in [2.05, 4.69) is 31.4 Å². The number of nitrogens with one attached hydrogen (secondary N) is 2. The van der Waals surface area contributed by atoms with Crippen LogP contribution < -0.4 is 10.6 Å². The first-order valence-electron chi connectivity index (χ1n) is 8.11. The molecule has 0 aromatic carbocycles. The lowest BCUT2D eigenvalue weighted by atomic mass is 9.64. The molecule has 3 fully saturated rings. The van der Waals surface area contributed by atoms with Crippen LogP contribution in [-0.4, -0.2) is 29.9 Å². The molecule has 114 valence electrons. The maximum atomic E-state index is 5.64. The van der Waals surface area contributed by atoms with E-state index in [1.807, 2.05) is 0 Å². The Hall–Kier alpha value is -0.350. The molecule has 1 heterocycles. The first-order chi connectivity index (χ1) is 9.43. The number of hydrogen-bond acceptors (Lipinski definition) is 2. The Morgan fingerprint density at radius 1 is 1.20 bits per heavy atom. The summed E-state index contributed by atoms with van der Waals surface area (Å²) in [5, 5.41) is 7.84. The van der Waals surface area contributed by atoms with E-state index in [0.29, 0.717) is 11.5 Å². The molecule has 2 bridgehead atoms. The lowest BCUT2D eigenvalue weighted by molar-refractivity contribution is 0.0823. The first kappa shape index (κ1) is 14.6. The summed E-state index contributed by atoms with van der Waals surface area (Å²) in [5.41, 5.74) is 0.460. The van der Waals surface area contributed by atoms with Gasteiger partial charge in [0.15, 0.2) is 5.11 Å². The minimum atomic E-state index is 0.135. The van der Waals surface area contributed by atoms with Gasteiger partial charge in [-0.2, -0.15) is 0 Å². The van der Waals surface area contributed by atoms with Crippen molar-refractivity contribution in [2.45, 2.75) is 64.5 Å². The zero-order valence-corrected chi connectivity index (χ0v) is 13.8. The lowest BCUT2D eigenvalue weighted by Gasteiger charge is -2.48. The van der Waals surface area contributed by atoms with Crippen molar-refractivity contribution in [1.82, 2.24) is 10.6 Å². The predicted octanol–water partition coefficient (Wildman–Crippen LogP) is 2.84. The van der Waals surface area contributed by atoms with Crippen LogP contribution in [0.5, 0.6) is 0 Å². The molecule has 1 aliphatic heterocycles. The Morgan fingerprint density at radius 3 is 2.55 bits per heavy atom. The van der Waals surface area contributed by atoms with E-state index in [1.165, 1.54) is 25.7 Å². The van der Waals surface area contributed by atoms with Gasteiger partial charge in [0.1, 0.15) is 0 Å². The summed E-state index contributed by atoms with van der Waals surface area (Å²) in [7, 11) is 0. The zero-order valence-electron chi connectivity index (χ0n) is 13.0. The Morgan fingerprint density at radius 2 is 1.95 bits per heavy atom. The van der Waals surface area contributed by atoms with Gasteiger partial charge in [-0.1, -0.05) is 13.8 Å². The van der Waals surface area contributed by atoms with Crippen molar-refractivity contribution in [2.24, 2.45) is 17.3 Å². The third kappa shape index (κ3) is 2.25. The summed E-state index contributed by atoms with van der Waals surface area (Å²) < 4.78 is 5.64. The molecule has 3 rings (SSSR count). The average molecular weight is 296 g/mol. The van der Waals surface area contributed by atoms with E-state index in [1.54, 1.807) is 0 Å². The molecule has 20 heavy (non-hydrogen) atoms. The summed E-state index contributed by atoms with van der Waals surface area (Å²) in [5.74, 6) is 1.62. The van der Waals surface area contributed by atoms with Crippen LogP contribution in [0.2, 0.25) is 0 Å². The van der Waals surface area contributed by atoms with E-state index in [4.69, 9.17) is 17.0 Å². The van der Waals surface area contributed by atoms with Crippen LogP contribution >= 0.6 is 12.2 Å². The zero-order chi connectivity index (χ0) is 14.4. The molecule has 0 radical (unpaired) electrons. The van der Waals surface area contributed by atoms with E-state index in [-0.39, 0.29) is 5.54 Å². The van der Waals surface area contributed by atoms with Gasteiger partial charge in [0.2, 0.25) is 0 Å². The molecule has 2 saturated carbocycles. The number of thiocarbonyl (C=S) groups is 1. The molecule has 0 aromatic heterocycles. The maximum absolute atomic E-state index is 5.64. The Kier molecular flexibility index (Phi) is 3.74. The minimum absolute atomic E-state index is 0.135. The van der Waals surface area contributed by atoms with Crippen molar-refractivity contribution in [3.8, 4) is 0 Å². The second-order valence-electron chi connectivity index (χ2n) is 7.60. The summed E-state index contributed by atoms with van der Waals surface area (Å²) in [6, 6.07) is 0. The van der Waals surface area contributed by atoms with Crippen LogP contribution in [0.25, 0.3) is 0 Å². The van der Waals surface area contributed by atoms with Crippen LogP contribution in [0.4, 0.5) is 0 Å². The van der Waals surface area contributed by atoms with Crippen LogP contribution in [0.15, 0.2) is 0 Å². The summed E-state index contributed by atoms with van der Waals surface area (Å²) in [6.45, 7) is 8.94. The monoisotopic (exact) mass is 296 g/mol. The van der Waals surface area contributed by atoms with Crippen LogP contribution in [0.3, 0.4) is 0 Å². The topological polar surface area (TPSA) is 33.3 Å². The highest BCUT2D eigenvalue weighted by Gasteiger charge is 2.60. The molecule has 0 spiro atoms. The van der Waals surface area contributed by atoms with Crippen LogP contribution in [-0.2, 0) is 4.74 Å². The van der Waals surface area contributed by atoms with Crippen molar-refractivity contribution in [3.05, 3.63) is 0 Å². The molecule has 0 unspecified atom stereocenters. The van der Waals surface area contributed by atoms with E-state index in [9.17, 15) is 0 Å². The standard InChI is InChI=1S/C16H28N2OS/c1-15(2)11-6-7-12(9-11)16(15,3)18-14(20)17-10-13-5-4-8-19-13/h11-13H,4-10H2,1-3H3,(H2,17,18,20)/t11-,12-,13+,16+/m0/s1. The largest absolute Gasteiger partial charge is 0.376 e. The molecule has 3 aliphatic rings. The third-order valence-corrected chi connectivity index (χ3v) is 6.74. The highest BCUT2D eigenvalue weighted by atomic mass is 32.1. The van der Waals surface area contributed by atoms with E-state index >= 15 is 0 Å². The third-order valence-electron chi connectivity index (χ3n) is 6.50. The van der Waals surface area contributed by atoms with Crippen molar-refractivity contribution < 1.29 is 4.74 Å². The molecular formula is C16H28N2OS. The quantitative estimate of drug-likeness (QED) is 0.785. The smallest absolute Gasteiger partial charge is 0.166 e. The first-order valence-corrected chi connectivity index (χ1v) is 8.52. The highest BCUT2D eigenvalue weighted by Crippen LogP contribution is 2.61. The molecule has 4 heteroatoms. The molecule has 2 N–H and O–H groups in total. The van der Waals surface area contributed by atoms with E-state index in [0.717, 1.165) is 36.5 Å². The maximum Gasteiger partial charge on any atom is 0.166 e. The van der Waals surface area contributed by atoms with Crippen molar-refractivity contribution in [3.63, 3.8) is 0 Å². The average Bonchev–Trinajstić information content (AvgIpc) is 3.09. The number of rotatable bonds is 3. The van der Waals surface area contributed by atoms with Gasteiger partial charge in [-0.05, 0) is 68.5 Å². The van der Waals surface area contributed by atoms with Gasteiger partial charge < -0.3 is 15.4 Å². The predicted molar refractivity (Wildman–Crippen MR) is 85.7 cm³/mol. The Bertz CT molecular complexity index is 392. The summed E-state index contributed by atoms with van der Waals surface area (Å²) >= 11 is 5.54. The van der Waals surface area contributed by atoms with Gasteiger partial charge in [0.25, 0.3) is 0 Å². The molecule has 2 aliphatic carbocycles.